The van der Waals surface area contributed by atoms with Crippen LogP contribution in [0.4, 0.5) is 0 Å². The Morgan fingerprint density at radius 2 is 1.61 bits per heavy atom. The zero-order chi connectivity index (χ0) is 28.5. The fraction of sp³-hybridized carbons (Fsp3) is 0.452. The predicted octanol–water partition coefficient (Wildman–Crippen LogP) is 6.43. The molecule has 2 N–H and O–H groups in total. The summed E-state index contributed by atoms with van der Waals surface area (Å²) in [6, 6.07) is 13.1. The first-order valence-corrected chi connectivity index (χ1v) is 13.0. The van der Waals surface area contributed by atoms with Crippen molar-refractivity contribution in [3.05, 3.63) is 64.9 Å². The van der Waals surface area contributed by atoms with Crippen LogP contribution in [0.2, 0.25) is 0 Å². The monoisotopic (exact) mass is 521 g/mol. The van der Waals surface area contributed by atoms with Gasteiger partial charge < -0.3 is 19.6 Å². The number of hydrogen-bond acceptors (Lipinski definition) is 5. The molecule has 0 fully saturated rings. The third-order valence-electron chi connectivity index (χ3n) is 7.34. The fourth-order valence-electron chi connectivity index (χ4n) is 4.45. The quantitative estimate of drug-likeness (QED) is 0.318. The molecule has 1 amide bonds. The molecule has 0 saturated heterocycles. The minimum atomic E-state index is -1.39. The summed E-state index contributed by atoms with van der Waals surface area (Å²) in [6.07, 6.45) is 1.57. The molecule has 1 aromatic heterocycles. The molecule has 38 heavy (non-hydrogen) atoms. The van der Waals surface area contributed by atoms with Gasteiger partial charge >= 0.3 is 5.97 Å². The highest BCUT2D eigenvalue weighted by molar-refractivity contribution is 6.00. The number of fused-ring (bicyclic) bond motifs is 1. The van der Waals surface area contributed by atoms with Crippen molar-refractivity contribution >= 4 is 28.6 Å². The normalized spacial score (nSPS) is 12.4. The van der Waals surface area contributed by atoms with Crippen LogP contribution < -0.4 is 10.1 Å². The number of ether oxygens (including phenoxy) is 1. The summed E-state index contributed by atoms with van der Waals surface area (Å²) < 4.78 is 12.2. The van der Waals surface area contributed by atoms with Gasteiger partial charge in [-0.3, -0.25) is 9.59 Å². The molecule has 0 saturated carbocycles. The van der Waals surface area contributed by atoms with E-state index in [-0.39, 0.29) is 12.4 Å². The van der Waals surface area contributed by atoms with Gasteiger partial charge in [-0.1, -0.05) is 46.8 Å². The third kappa shape index (κ3) is 5.77. The van der Waals surface area contributed by atoms with E-state index in [1.807, 2.05) is 45.9 Å². The van der Waals surface area contributed by atoms with E-state index in [2.05, 4.69) is 25.2 Å². The van der Waals surface area contributed by atoms with E-state index >= 15 is 0 Å². The maximum Gasteiger partial charge on any atom is 0.328 e. The van der Waals surface area contributed by atoms with Gasteiger partial charge in [0.25, 0.3) is 5.91 Å². The first-order valence-electron chi connectivity index (χ1n) is 13.0. The molecule has 1 heterocycles. The average molecular weight is 522 g/mol. The minimum absolute atomic E-state index is 0.0273. The SMILES string of the molecule is CCC(CC)(c1ccc(OCC(=O)C(C)(C)C)c(C)c1)c1cc2cc(C(=O)NC(C)(C)C(=O)O)ccc2o1. The Bertz CT molecular complexity index is 1350. The zero-order valence-corrected chi connectivity index (χ0v) is 23.7. The number of aryl methyl sites for hydroxylation is 1. The Balaban J connectivity index is 1.94. The van der Waals surface area contributed by atoms with E-state index in [0.717, 1.165) is 35.1 Å². The van der Waals surface area contributed by atoms with Crippen molar-refractivity contribution in [3.63, 3.8) is 0 Å². The van der Waals surface area contributed by atoms with Crippen LogP contribution in [-0.4, -0.2) is 34.9 Å². The Morgan fingerprint density at radius 3 is 2.16 bits per heavy atom. The first-order chi connectivity index (χ1) is 17.6. The van der Waals surface area contributed by atoms with Crippen molar-refractivity contribution in [2.24, 2.45) is 5.41 Å². The van der Waals surface area contributed by atoms with E-state index in [1.54, 1.807) is 18.2 Å². The number of carboxylic acid groups (broad SMARTS) is 1. The van der Waals surface area contributed by atoms with Gasteiger partial charge in [0.1, 0.15) is 29.2 Å². The summed E-state index contributed by atoms with van der Waals surface area (Å²) in [6.45, 7) is 14.8. The number of nitrogens with one attached hydrogen (secondary N) is 1. The molecule has 0 aliphatic rings. The highest BCUT2D eigenvalue weighted by Gasteiger charge is 2.35. The molecular weight excluding hydrogens is 482 g/mol. The molecular formula is C31H39NO6. The van der Waals surface area contributed by atoms with Gasteiger partial charge in [-0.05, 0) is 75.1 Å². The van der Waals surface area contributed by atoms with Crippen molar-refractivity contribution in [2.45, 2.75) is 79.2 Å². The van der Waals surface area contributed by atoms with Crippen LogP contribution in [-0.2, 0) is 15.0 Å². The lowest BCUT2D eigenvalue weighted by Crippen LogP contribution is -2.49. The summed E-state index contributed by atoms with van der Waals surface area (Å²) in [7, 11) is 0. The van der Waals surface area contributed by atoms with Gasteiger partial charge in [0.2, 0.25) is 0 Å². The lowest BCUT2D eigenvalue weighted by atomic mass is 9.73. The number of carboxylic acids is 1. The van der Waals surface area contributed by atoms with Crippen LogP contribution in [0, 0.1) is 12.3 Å². The Labute approximate surface area is 224 Å². The summed E-state index contributed by atoms with van der Waals surface area (Å²) in [4.78, 5) is 36.5. The van der Waals surface area contributed by atoms with Gasteiger partial charge in [-0.25, -0.2) is 4.79 Å². The second-order valence-electron chi connectivity index (χ2n) is 11.5. The number of hydrogen-bond donors (Lipinski definition) is 2. The number of carbonyl (C=O) groups is 3. The van der Waals surface area contributed by atoms with Crippen LogP contribution in [0.15, 0.2) is 46.9 Å². The molecule has 3 rings (SSSR count). The van der Waals surface area contributed by atoms with Crippen molar-refractivity contribution in [1.29, 1.82) is 0 Å². The van der Waals surface area contributed by atoms with Gasteiger partial charge in [0, 0.05) is 16.4 Å². The average Bonchev–Trinajstić information content (AvgIpc) is 3.27. The molecule has 0 bridgehead atoms. The largest absolute Gasteiger partial charge is 0.486 e. The molecule has 0 atom stereocenters. The van der Waals surface area contributed by atoms with Crippen molar-refractivity contribution < 1.29 is 28.6 Å². The predicted molar refractivity (Wildman–Crippen MR) is 148 cm³/mol. The van der Waals surface area contributed by atoms with E-state index in [9.17, 15) is 19.5 Å². The molecule has 7 nitrogen and oxygen atoms in total. The number of aliphatic carboxylic acids is 1. The lowest BCUT2D eigenvalue weighted by Gasteiger charge is -2.31. The highest BCUT2D eigenvalue weighted by Crippen LogP contribution is 2.42. The topological polar surface area (TPSA) is 106 Å². The molecule has 3 aromatic rings. The number of carbonyl (C=O) groups excluding carboxylic acids is 2. The van der Waals surface area contributed by atoms with E-state index < -0.39 is 28.2 Å². The number of amides is 1. The third-order valence-corrected chi connectivity index (χ3v) is 7.34. The van der Waals surface area contributed by atoms with Crippen LogP contribution in [0.25, 0.3) is 11.0 Å². The summed E-state index contributed by atoms with van der Waals surface area (Å²) >= 11 is 0. The lowest BCUT2D eigenvalue weighted by molar-refractivity contribution is -0.143. The van der Waals surface area contributed by atoms with Gasteiger partial charge in [0.05, 0.1) is 5.41 Å². The van der Waals surface area contributed by atoms with E-state index in [4.69, 9.17) is 9.15 Å². The highest BCUT2D eigenvalue weighted by atomic mass is 16.5. The van der Waals surface area contributed by atoms with Crippen LogP contribution >= 0.6 is 0 Å². The summed E-state index contributed by atoms with van der Waals surface area (Å²) in [5.41, 5.74) is 0.777. The second kappa shape index (κ2) is 10.6. The van der Waals surface area contributed by atoms with Gasteiger partial charge in [-0.15, -0.1) is 0 Å². The first kappa shape index (κ1) is 29.0. The fourth-order valence-corrected chi connectivity index (χ4v) is 4.45. The molecule has 0 unspecified atom stereocenters. The summed E-state index contributed by atoms with van der Waals surface area (Å²) in [5.74, 6) is -0.0654. The number of Topliss-reactive ketones (excluding diaryl/α,β-unsaturated/α-hetero) is 1. The molecule has 2 aromatic carbocycles. The van der Waals surface area contributed by atoms with Crippen molar-refractivity contribution in [2.75, 3.05) is 6.61 Å². The Kier molecular flexibility index (Phi) is 8.10. The van der Waals surface area contributed by atoms with E-state index in [1.165, 1.54) is 13.8 Å². The number of benzene rings is 2. The molecule has 0 radical (unpaired) electrons. The van der Waals surface area contributed by atoms with Crippen molar-refractivity contribution in [1.82, 2.24) is 5.32 Å². The van der Waals surface area contributed by atoms with Crippen LogP contribution in [0.3, 0.4) is 0 Å². The number of furan rings is 1. The Morgan fingerprint density at radius 1 is 0.947 bits per heavy atom. The maximum absolute atomic E-state index is 12.7. The Hall–Kier alpha value is -3.61. The zero-order valence-electron chi connectivity index (χ0n) is 23.7. The molecule has 0 spiro atoms. The van der Waals surface area contributed by atoms with E-state index in [0.29, 0.717) is 16.9 Å². The minimum Gasteiger partial charge on any atom is -0.486 e. The smallest absolute Gasteiger partial charge is 0.328 e. The number of rotatable bonds is 10. The van der Waals surface area contributed by atoms with Gasteiger partial charge in [-0.2, -0.15) is 0 Å². The van der Waals surface area contributed by atoms with Crippen LogP contribution in [0.5, 0.6) is 5.75 Å². The standard InChI is InChI=1S/C31H39NO6/c1-9-31(10-2,22-12-14-23(19(3)15-22)37-18-25(33)29(4,5)6)26-17-21-16-20(11-13-24(21)38-26)27(34)32-30(7,8)28(35)36/h11-17H,9-10,18H2,1-8H3,(H,32,34)(H,35,36). The molecule has 0 aliphatic heterocycles. The van der Waals surface area contributed by atoms with Crippen LogP contribution in [0.1, 0.15) is 88.6 Å². The molecule has 204 valence electrons. The molecule has 7 heteroatoms. The second-order valence-corrected chi connectivity index (χ2v) is 11.5. The number of ketones is 1. The van der Waals surface area contributed by atoms with Crippen molar-refractivity contribution in [3.8, 4) is 5.75 Å². The maximum atomic E-state index is 12.7. The van der Waals surface area contributed by atoms with Gasteiger partial charge in [0.15, 0.2) is 5.78 Å². The summed E-state index contributed by atoms with van der Waals surface area (Å²) in [5, 5.41) is 12.7. The molecule has 0 aliphatic carbocycles.